The molecule has 0 unspecified atom stereocenters. The van der Waals surface area contributed by atoms with Crippen molar-refractivity contribution in [3.63, 3.8) is 0 Å². The second kappa shape index (κ2) is 24.0. The Morgan fingerprint density at radius 2 is 0.886 bits per heavy atom. The van der Waals surface area contributed by atoms with Crippen LogP contribution in [-0.2, 0) is 14.4 Å². The van der Waals surface area contributed by atoms with Crippen molar-refractivity contribution in [2.75, 3.05) is 33.5 Å². The van der Waals surface area contributed by atoms with Gasteiger partial charge in [-0.15, -0.1) is 0 Å². The molecular formula is C74H67B2N5O7. The fourth-order valence-corrected chi connectivity index (χ4v) is 15.1. The minimum atomic E-state index is -2.12. The van der Waals surface area contributed by atoms with Gasteiger partial charge in [0.2, 0.25) is 5.91 Å². The molecule has 5 N–H and O–H groups in total. The summed E-state index contributed by atoms with van der Waals surface area (Å²) >= 11 is 0. The third kappa shape index (κ3) is 9.39. The van der Waals surface area contributed by atoms with Crippen molar-refractivity contribution in [2.24, 2.45) is 20.0 Å². The zero-order valence-electron chi connectivity index (χ0n) is 50.4. The van der Waals surface area contributed by atoms with E-state index in [9.17, 15) is 34.5 Å². The third-order valence-electron chi connectivity index (χ3n) is 18.8. The van der Waals surface area contributed by atoms with Gasteiger partial charge in [-0.3, -0.25) is 14.4 Å². The van der Waals surface area contributed by atoms with Crippen LogP contribution in [0, 0.1) is 0 Å². The standard InChI is InChI=1S/C74H67B2N5O7/c1-6-7-8-9-10-11-12-13-14-15-16-29-61(84)81-58-36-57(76(87)88)63(55(40-80-5)66(58)74-65-46-26-20-22-28-48(46)71(74)73-53(65)33-42(38-78-3)51-35-60(83)68(51)73)44-24-18-17-23-43(44)62-54(39-79-4)49(30-31-56(62)75(85)86)69-64-45-25-19-21-27-47(45)70(69)72-52(64)32-41(37-77-2)50-34-59(82)67(50)72/h17-28,30-31,36,85-88H,6-16,29,32-35H2,1-5H3,(H,81,84). The minimum absolute atomic E-state index is 0.0181. The van der Waals surface area contributed by atoms with Crippen LogP contribution >= 0.6 is 0 Å². The van der Waals surface area contributed by atoms with Gasteiger partial charge in [0.1, 0.15) is 0 Å². The monoisotopic (exact) mass is 1160 g/mol. The first kappa shape index (κ1) is 58.2. The van der Waals surface area contributed by atoms with Crippen LogP contribution < -0.4 is 37.1 Å². The number of carbonyl (C=O) groups is 3. The van der Waals surface area contributed by atoms with E-state index in [4.69, 9.17) is 0 Å². The fourth-order valence-electron chi connectivity index (χ4n) is 15.1. The first-order valence-corrected chi connectivity index (χ1v) is 31.0. The van der Waals surface area contributed by atoms with Gasteiger partial charge in [0.25, 0.3) is 0 Å². The predicted octanol–water partition coefficient (Wildman–Crippen LogP) is 7.53. The normalized spacial score (nSPS) is 17.4. The molecule has 8 aliphatic carbocycles. The van der Waals surface area contributed by atoms with E-state index in [2.05, 4.69) is 80.0 Å². The highest BCUT2D eigenvalue weighted by molar-refractivity contribution is 6.62. The van der Waals surface area contributed by atoms with Crippen LogP contribution in [0.2, 0.25) is 0 Å². The Hall–Kier alpha value is -8.88. The van der Waals surface area contributed by atoms with E-state index >= 15 is 0 Å². The van der Waals surface area contributed by atoms with Gasteiger partial charge in [-0.2, -0.15) is 0 Å². The number of ketones is 2. The molecule has 0 spiro atoms. The van der Waals surface area contributed by atoms with E-state index in [0.29, 0.717) is 85.6 Å². The second-order valence-electron chi connectivity index (χ2n) is 23.8. The highest BCUT2D eigenvalue weighted by Crippen LogP contribution is 2.64. The maximum atomic E-state index is 14.7. The van der Waals surface area contributed by atoms with Crippen LogP contribution in [0.25, 0.3) is 55.7 Å². The number of carbonyl (C=O) groups excluding carboxylic acids is 3. The Morgan fingerprint density at radius 1 is 0.455 bits per heavy atom. The lowest BCUT2D eigenvalue weighted by molar-refractivity contribution is -0.117. The molecule has 4 bridgehead atoms. The molecule has 0 heterocycles. The number of anilines is 1. The average Bonchev–Trinajstić information content (AvgIpc) is 1.51. The number of hydrogen-bond donors (Lipinski definition) is 5. The molecule has 5 aromatic rings. The van der Waals surface area contributed by atoms with Gasteiger partial charge in [0.05, 0.1) is 10.4 Å². The van der Waals surface area contributed by atoms with Gasteiger partial charge in [-0.1, -0.05) is 156 Å². The number of nitrogens with zero attached hydrogens (tertiary/aromatic N) is 4. The molecule has 5 aromatic carbocycles. The summed E-state index contributed by atoms with van der Waals surface area (Å²) in [6, 6.07) is 28.8. The van der Waals surface area contributed by atoms with Crippen molar-refractivity contribution in [3.8, 4) is 22.3 Å². The number of nitrogens with one attached hydrogen (secondary N) is 1. The number of fused-ring (bicyclic) bond motifs is 14. The summed E-state index contributed by atoms with van der Waals surface area (Å²) in [5.74, 6) is 12.9. The molecule has 0 atom stereocenters. The molecule has 8 aliphatic rings. The quantitative estimate of drug-likeness (QED) is 0.0361. The van der Waals surface area contributed by atoms with Crippen LogP contribution in [0.1, 0.15) is 132 Å². The molecule has 0 aliphatic heterocycles. The van der Waals surface area contributed by atoms with Crippen LogP contribution in [-0.4, -0.2) is 103 Å². The van der Waals surface area contributed by atoms with E-state index in [-0.39, 0.29) is 41.2 Å². The molecule has 1 amide bonds. The third-order valence-corrected chi connectivity index (χ3v) is 18.8. The lowest BCUT2D eigenvalue weighted by Gasteiger charge is -2.33. The van der Waals surface area contributed by atoms with E-state index < -0.39 is 14.2 Å². The summed E-state index contributed by atoms with van der Waals surface area (Å²) in [6.07, 6.45) is 14.2. The van der Waals surface area contributed by atoms with Gasteiger partial charge in [0, 0.05) is 104 Å². The molecule has 0 fully saturated rings. The summed E-state index contributed by atoms with van der Waals surface area (Å²) < 4.78 is 0. The van der Waals surface area contributed by atoms with Crippen LogP contribution in [0.4, 0.5) is 5.69 Å². The van der Waals surface area contributed by atoms with E-state index in [1.54, 1.807) is 40.3 Å². The van der Waals surface area contributed by atoms with Gasteiger partial charge in [0.15, 0.2) is 11.6 Å². The number of Topliss-reactive ketones (excluding diaryl/α,β-unsaturated/α-hetero) is 2. The lowest BCUT2D eigenvalue weighted by Crippen LogP contribution is -2.45. The molecule has 0 saturated heterocycles. The summed E-state index contributed by atoms with van der Waals surface area (Å²) in [6.45, 7) is 2.23. The van der Waals surface area contributed by atoms with Gasteiger partial charge in [-0.25, -0.2) is 20.0 Å². The zero-order valence-corrected chi connectivity index (χ0v) is 50.4. The Bertz CT molecular complexity index is 4710. The second-order valence-corrected chi connectivity index (χ2v) is 23.8. The summed E-state index contributed by atoms with van der Waals surface area (Å²) in [4.78, 5) is 60.2. The van der Waals surface area contributed by atoms with E-state index in [0.717, 1.165) is 120 Å². The molecule has 88 heavy (non-hydrogen) atoms. The summed E-state index contributed by atoms with van der Waals surface area (Å²) in [7, 11) is 2.43. The lowest BCUT2D eigenvalue weighted by atomic mass is 9.68. The van der Waals surface area contributed by atoms with Crippen LogP contribution in [0.5, 0.6) is 0 Å². The Kier molecular flexibility index (Phi) is 15.9. The predicted molar refractivity (Wildman–Crippen MR) is 354 cm³/mol. The van der Waals surface area contributed by atoms with Crippen molar-refractivity contribution >= 4 is 105 Å². The zero-order chi connectivity index (χ0) is 61.1. The molecule has 13 rings (SSSR count). The SMILES string of the molecule is CCCCCCCCCCCCCC(=O)Nc1cc(B(O)O)c(-c2ccccc2-c2c(B(O)O)ccc(=C3C4=C5CC(=C=NC)C6=C(C(=O)C6)C5=C3c3ccccc34)c2=C=NC)c(=C=NC)c1=C1C2=C3CC(=C=NC)C4=C(C(=O)C4)C3=C1c1ccccc12. The van der Waals surface area contributed by atoms with Gasteiger partial charge >= 0.3 is 14.2 Å². The van der Waals surface area contributed by atoms with Crippen molar-refractivity contribution in [1.29, 1.82) is 0 Å². The van der Waals surface area contributed by atoms with Crippen LogP contribution in [0.3, 0.4) is 0 Å². The molecule has 436 valence electrons. The molecule has 14 heteroatoms. The number of benzene rings is 5. The highest BCUT2D eigenvalue weighted by Gasteiger charge is 2.50. The Morgan fingerprint density at radius 3 is 1.36 bits per heavy atom. The highest BCUT2D eigenvalue weighted by atomic mass is 16.4. The number of rotatable bonds is 17. The van der Waals surface area contributed by atoms with Crippen molar-refractivity contribution in [2.45, 2.75) is 110 Å². The van der Waals surface area contributed by atoms with Gasteiger partial charge in [-0.05, 0) is 153 Å². The first-order valence-electron chi connectivity index (χ1n) is 31.0. The molecule has 0 saturated carbocycles. The Labute approximate surface area is 512 Å². The van der Waals surface area contributed by atoms with Crippen LogP contribution in [0.15, 0.2) is 167 Å². The fraction of sp³-hybridized carbons (Fsp3) is 0.284. The molecular weight excluding hydrogens is 1090 g/mol. The average molecular weight is 1160 g/mol. The largest absolute Gasteiger partial charge is 0.489 e. The van der Waals surface area contributed by atoms with E-state index in [1.807, 2.05) is 54.6 Å². The maximum Gasteiger partial charge on any atom is 0.489 e. The van der Waals surface area contributed by atoms with Crippen molar-refractivity contribution in [1.82, 2.24) is 0 Å². The Balaban J connectivity index is 1.06. The first-order chi connectivity index (χ1) is 42.9. The topological polar surface area (TPSA) is 194 Å². The molecule has 0 radical (unpaired) electrons. The summed E-state index contributed by atoms with van der Waals surface area (Å²) in [5, 5.41) is 52.3. The number of amides is 1. The van der Waals surface area contributed by atoms with Gasteiger partial charge < -0.3 is 25.4 Å². The molecule has 12 nitrogen and oxygen atoms in total. The number of hydrogen-bond acceptors (Lipinski definition) is 11. The minimum Gasteiger partial charge on any atom is -0.423 e. The number of aliphatic imine (C=N–C) groups is 4. The van der Waals surface area contributed by atoms with Crippen molar-refractivity contribution in [3.05, 3.63) is 190 Å². The number of unbranched alkanes of at least 4 members (excludes halogenated alkanes) is 10. The maximum absolute atomic E-state index is 14.7. The summed E-state index contributed by atoms with van der Waals surface area (Å²) in [5.41, 5.74) is 19.7. The van der Waals surface area contributed by atoms with Crippen molar-refractivity contribution < 1.29 is 34.5 Å². The smallest absolute Gasteiger partial charge is 0.423 e. The van der Waals surface area contributed by atoms with E-state index in [1.165, 1.54) is 44.9 Å². The number of allylic oxidation sites excluding steroid dienone is 14. The molecule has 0 aromatic heterocycles.